The molecule has 0 saturated carbocycles. The molecular formula is C15H25F3N6. The molecule has 0 amide bonds. The highest BCUT2D eigenvalue weighted by Crippen LogP contribution is 2.18. The number of rotatable bonds is 6. The number of nitrogens with one attached hydrogen (secondary N) is 2. The van der Waals surface area contributed by atoms with Crippen LogP contribution in [0.4, 0.5) is 13.2 Å². The van der Waals surface area contributed by atoms with E-state index in [0.29, 0.717) is 25.5 Å². The Balaban J connectivity index is 1.84. The smallest absolute Gasteiger partial charge is 0.357 e. The summed E-state index contributed by atoms with van der Waals surface area (Å²) < 4.78 is 38.8. The largest absolute Gasteiger partial charge is 0.390 e. The van der Waals surface area contributed by atoms with E-state index in [2.05, 4.69) is 30.4 Å². The van der Waals surface area contributed by atoms with Crippen LogP contribution in [0.15, 0.2) is 4.99 Å². The van der Waals surface area contributed by atoms with Crippen molar-refractivity contribution in [2.24, 2.45) is 4.99 Å². The van der Waals surface area contributed by atoms with Gasteiger partial charge in [-0.1, -0.05) is 6.42 Å². The zero-order valence-electron chi connectivity index (χ0n) is 14.0. The Hall–Kier alpha value is -1.80. The molecule has 6 nitrogen and oxygen atoms in total. The van der Waals surface area contributed by atoms with Crippen molar-refractivity contribution in [2.45, 2.75) is 58.2 Å². The fourth-order valence-corrected chi connectivity index (χ4v) is 2.66. The molecule has 136 valence electrons. The molecule has 0 atom stereocenters. The molecule has 0 aliphatic carbocycles. The fraction of sp³-hybridized carbons (Fsp3) is 0.800. The summed E-state index contributed by atoms with van der Waals surface area (Å²) in [4.78, 5) is 3.95. The van der Waals surface area contributed by atoms with Gasteiger partial charge in [-0.25, -0.2) is 0 Å². The number of hydrogen-bond acceptors (Lipinski definition) is 3. The van der Waals surface area contributed by atoms with Gasteiger partial charge in [0.25, 0.3) is 0 Å². The maximum atomic E-state index is 12.2. The van der Waals surface area contributed by atoms with Crippen LogP contribution in [-0.2, 0) is 19.4 Å². The molecule has 0 radical (unpaired) electrons. The predicted molar refractivity (Wildman–Crippen MR) is 85.9 cm³/mol. The normalized spacial score (nSPS) is 15.8. The highest BCUT2D eigenvalue weighted by Gasteiger charge is 2.26. The summed E-state index contributed by atoms with van der Waals surface area (Å²) in [5, 5.41) is 14.5. The van der Waals surface area contributed by atoms with Crippen LogP contribution in [0, 0.1) is 0 Å². The van der Waals surface area contributed by atoms with Crippen LogP contribution < -0.4 is 10.6 Å². The van der Waals surface area contributed by atoms with Gasteiger partial charge >= 0.3 is 6.18 Å². The van der Waals surface area contributed by atoms with Gasteiger partial charge in [0.2, 0.25) is 0 Å². The molecular weight excluding hydrogens is 321 g/mol. The molecule has 9 heteroatoms. The average molecular weight is 346 g/mol. The molecule has 0 fully saturated rings. The third-order valence-electron chi connectivity index (χ3n) is 3.84. The summed E-state index contributed by atoms with van der Waals surface area (Å²) in [6.07, 6.45) is 0.0110. The number of nitrogens with zero attached hydrogens (tertiary/aromatic N) is 4. The number of aryl methyl sites for hydroxylation is 1. The third kappa shape index (κ3) is 6.01. The number of aromatic nitrogens is 3. The molecule has 1 aliphatic rings. The third-order valence-corrected chi connectivity index (χ3v) is 3.84. The Bertz CT molecular complexity index is 538. The number of halogens is 3. The van der Waals surface area contributed by atoms with Crippen LogP contribution in [0.25, 0.3) is 0 Å². The van der Waals surface area contributed by atoms with Crippen molar-refractivity contribution in [1.82, 2.24) is 25.4 Å². The lowest BCUT2D eigenvalue weighted by molar-refractivity contribution is -0.132. The second-order valence-electron chi connectivity index (χ2n) is 5.80. The van der Waals surface area contributed by atoms with E-state index in [9.17, 15) is 13.2 Å². The van der Waals surface area contributed by atoms with Crippen molar-refractivity contribution in [2.75, 3.05) is 19.6 Å². The lowest BCUT2D eigenvalue weighted by atomic mass is 10.2. The highest BCUT2D eigenvalue weighted by molar-refractivity contribution is 5.79. The summed E-state index contributed by atoms with van der Waals surface area (Å²) >= 11 is 0. The zero-order chi connectivity index (χ0) is 17.4. The second kappa shape index (κ2) is 8.89. The van der Waals surface area contributed by atoms with E-state index in [1.807, 2.05) is 6.92 Å². The second-order valence-corrected chi connectivity index (χ2v) is 5.80. The first-order valence-corrected chi connectivity index (χ1v) is 8.49. The van der Waals surface area contributed by atoms with Gasteiger partial charge in [0, 0.05) is 32.5 Å². The van der Waals surface area contributed by atoms with E-state index in [0.717, 1.165) is 37.5 Å². The molecule has 1 aromatic heterocycles. The van der Waals surface area contributed by atoms with Crippen LogP contribution in [0.5, 0.6) is 0 Å². The van der Waals surface area contributed by atoms with Gasteiger partial charge in [0.15, 0.2) is 5.96 Å². The summed E-state index contributed by atoms with van der Waals surface area (Å²) in [6.45, 7) is 3.68. The van der Waals surface area contributed by atoms with Gasteiger partial charge in [-0.05, 0) is 19.8 Å². The van der Waals surface area contributed by atoms with Crippen LogP contribution in [0.3, 0.4) is 0 Å². The average Bonchev–Trinajstić information content (AvgIpc) is 2.74. The molecule has 1 aliphatic heterocycles. The Labute approximate surface area is 139 Å². The number of fused-ring (bicyclic) bond motifs is 1. The van der Waals surface area contributed by atoms with Gasteiger partial charge in [-0.15, -0.1) is 10.2 Å². The van der Waals surface area contributed by atoms with Crippen molar-refractivity contribution in [3.05, 3.63) is 11.6 Å². The molecule has 2 N–H and O–H groups in total. The minimum atomic E-state index is -4.18. The quantitative estimate of drug-likeness (QED) is 0.611. The Morgan fingerprint density at radius 1 is 1.21 bits per heavy atom. The molecule has 2 rings (SSSR count). The van der Waals surface area contributed by atoms with Crippen LogP contribution >= 0.6 is 0 Å². The molecule has 2 heterocycles. The number of guanidine groups is 1. The zero-order valence-corrected chi connectivity index (χ0v) is 14.0. The molecule has 0 aromatic carbocycles. The van der Waals surface area contributed by atoms with Gasteiger partial charge in [0.05, 0.1) is 13.0 Å². The lowest BCUT2D eigenvalue weighted by Gasteiger charge is -2.12. The minimum absolute atomic E-state index is 0.279. The predicted octanol–water partition coefficient (Wildman–Crippen LogP) is 2.05. The van der Waals surface area contributed by atoms with Gasteiger partial charge in [-0.2, -0.15) is 13.2 Å². The first-order chi connectivity index (χ1) is 11.5. The van der Waals surface area contributed by atoms with E-state index >= 15 is 0 Å². The lowest BCUT2D eigenvalue weighted by Crippen LogP contribution is -2.38. The standard InChI is InChI=1S/C15H25F3N6/c1-2-19-14(21-10-8-15(16,17)18)20-9-7-13-23-22-12-6-4-3-5-11-24(12)13/h2-11H2,1H3,(H2,19,20,21). The van der Waals surface area contributed by atoms with Gasteiger partial charge < -0.3 is 15.2 Å². The maximum Gasteiger partial charge on any atom is 0.390 e. The maximum absolute atomic E-state index is 12.2. The van der Waals surface area contributed by atoms with Gasteiger partial charge in [-0.3, -0.25) is 4.99 Å². The monoisotopic (exact) mass is 346 g/mol. The Morgan fingerprint density at radius 3 is 2.79 bits per heavy atom. The highest BCUT2D eigenvalue weighted by atomic mass is 19.4. The van der Waals surface area contributed by atoms with Gasteiger partial charge in [0.1, 0.15) is 11.6 Å². The van der Waals surface area contributed by atoms with Crippen molar-refractivity contribution in [3.63, 3.8) is 0 Å². The van der Waals surface area contributed by atoms with E-state index < -0.39 is 12.6 Å². The molecule has 1 aromatic rings. The summed E-state index contributed by atoms with van der Waals surface area (Å²) in [7, 11) is 0. The van der Waals surface area contributed by atoms with Crippen LogP contribution in [0.2, 0.25) is 0 Å². The molecule has 0 bridgehead atoms. The van der Waals surface area contributed by atoms with Crippen LogP contribution in [-0.4, -0.2) is 46.5 Å². The Kier molecular flexibility index (Phi) is 6.86. The summed E-state index contributed by atoms with van der Waals surface area (Å²) in [6, 6.07) is 0. The Morgan fingerprint density at radius 2 is 2.04 bits per heavy atom. The summed E-state index contributed by atoms with van der Waals surface area (Å²) in [5.41, 5.74) is 0. The number of alkyl halides is 3. The van der Waals surface area contributed by atoms with E-state index in [1.54, 1.807) is 0 Å². The van der Waals surface area contributed by atoms with Crippen molar-refractivity contribution in [3.8, 4) is 0 Å². The fourth-order valence-electron chi connectivity index (χ4n) is 2.66. The van der Waals surface area contributed by atoms with Crippen molar-refractivity contribution in [1.29, 1.82) is 0 Å². The molecule has 0 saturated heterocycles. The first-order valence-electron chi connectivity index (χ1n) is 8.49. The molecule has 24 heavy (non-hydrogen) atoms. The number of aliphatic imine (C=N–C) groups is 1. The SMILES string of the molecule is CCNC(=NCCC(F)(F)F)NCCc1nnc2n1CCCCC2. The van der Waals surface area contributed by atoms with E-state index in [-0.39, 0.29) is 6.54 Å². The topological polar surface area (TPSA) is 67.1 Å². The first kappa shape index (κ1) is 18.5. The van der Waals surface area contributed by atoms with E-state index in [1.165, 1.54) is 6.42 Å². The number of hydrogen-bond donors (Lipinski definition) is 2. The molecule has 0 spiro atoms. The summed E-state index contributed by atoms with van der Waals surface area (Å²) in [5.74, 6) is 2.36. The molecule has 0 unspecified atom stereocenters. The van der Waals surface area contributed by atoms with Crippen LogP contribution in [0.1, 0.15) is 44.3 Å². The van der Waals surface area contributed by atoms with Crippen molar-refractivity contribution < 1.29 is 13.2 Å². The van der Waals surface area contributed by atoms with E-state index in [4.69, 9.17) is 0 Å². The minimum Gasteiger partial charge on any atom is -0.357 e. The van der Waals surface area contributed by atoms with Crippen molar-refractivity contribution >= 4 is 5.96 Å².